The van der Waals surface area contributed by atoms with E-state index in [-0.39, 0.29) is 27.9 Å². The molecule has 1 unspecified atom stereocenters. The molecule has 11 heteroatoms. The van der Waals surface area contributed by atoms with Crippen LogP contribution in [-0.4, -0.2) is 11.6 Å². The Kier molecular flexibility index (Phi) is 5.59. The van der Waals surface area contributed by atoms with Gasteiger partial charge < -0.3 is 14.4 Å². The average molecular weight is 395 g/mol. The van der Waals surface area contributed by atoms with Gasteiger partial charge in [0.2, 0.25) is 0 Å². The maximum Gasteiger partial charge on any atom is 0.416 e. The SMILES string of the molecule is C[PH](=O)Nc1cc(Oc2ccc(C(F)(F)F)cc2Cl)ccc1[N+](=O)[O-]. The van der Waals surface area contributed by atoms with Gasteiger partial charge in [-0.05, 0) is 24.3 Å². The van der Waals surface area contributed by atoms with Gasteiger partial charge in [-0.2, -0.15) is 13.2 Å². The fraction of sp³-hybridized carbons (Fsp3) is 0.143. The molecular formula is C14H11ClF3N2O4P. The molecular weight excluding hydrogens is 384 g/mol. The van der Waals surface area contributed by atoms with Crippen molar-refractivity contribution in [3.8, 4) is 11.5 Å². The summed E-state index contributed by atoms with van der Waals surface area (Å²) < 4.78 is 54.6. The molecule has 0 aromatic heterocycles. The molecule has 2 aromatic carbocycles. The van der Waals surface area contributed by atoms with Gasteiger partial charge in [0.1, 0.15) is 17.2 Å². The molecule has 0 aliphatic rings. The Morgan fingerprint density at radius 2 is 1.92 bits per heavy atom. The first kappa shape index (κ1) is 19.1. The monoisotopic (exact) mass is 394 g/mol. The molecule has 6 nitrogen and oxygen atoms in total. The van der Waals surface area contributed by atoms with Crippen LogP contribution >= 0.6 is 19.6 Å². The minimum absolute atomic E-state index is 0.0306. The third kappa shape index (κ3) is 4.87. The van der Waals surface area contributed by atoms with Crippen LogP contribution in [0.25, 0.3) is 0 Å². The molecule has 0 heterocycles. The Bertz CT molecular complexity index is 845. The summed E-state index contributed by atoms with van der Waals surface area (Å²) >= 11 is 5.80. The van der Waals surface area contributed by atoms with E-state index in [1.165, 1.54) is 18.8 Å². The summed E-state index contributed by atoms with van der Waals surface area (Å²) in [6.07, 6.45) is -4.54. The lowest BCUT2D eigenvalue weighted by Gasteiger charge is -2.12. The van der Waals surface area contributed by atoms with E-state index >= 15 is 0 Å². The molecule has 1 N–H and O–H groups in total. The second-order valence-electron chi connectivity index (χ2n) is 4.86. The van der Waals surface area contributed by atoms with E-state index in [9.17, 15) is 27.9 Å². The minimum Gasteiger partial charge on any atom is -0.456 e. The van der Waals surface area contributed by atoms with Gasteiger partial charge in [-0.25, -0.2) is 0 Å². The normalized spacial score (nSPS) is 12.5. The van der Waals surface area contributed by atoms with Crippen molar-refractivity contribution in [1.82, 2.24) is 0 Å². The number of rotatable bonds is 5. The maximum absolute atomic E-state index is 12.6. The first-order valence-electron chi connectivity index (χ1n) is 6.68. The van der Waals surface area contributed by atoms with Crippen LogP contribution in [0.15, 0.2) is 36.4 Å². The summed E-state index contributed by atoms with van der Waals surface area (Å²) in [5.74, 6) is 0.0247. The molecule has 2 aromatic rings. The van der Waals surface area contributed by atoms with Crippen LogP contribution < -0.4 is 9.82 Å². The van der Waals surface area contributed by atoms with Gasteiger partial charge in [0, 0.05) is 18.8 Å². The standard InChI is InChI=1S/C14H11ClF3N2O4P/c1-25(23)19-11-7-9(3-4-12(11)20(21)22)24-13-5-2-8(6-10(13)15)14(16,17)18/h2-7,25H,1H3,(H,19,23). The van der Waals surface area contributed by atoms with Crippen LogP contribution in [0.4, 0.5) is 24.5 Å². The van der Waals surface area contributed by atoms with Crippen molar-refractivity contribution in [1.29, 1.82) is 0 Å². The van der Waals surface area contributed by atoms with Crippen molar-refractivity contribution in [2.75, 3.05) is 11.8 Å². The Balaban J connectivity index is 2.34. The van der Waals surface area contributed by atoms with Gasteiger partial charge in [-0.1, -0.05) is 11.6 Å². The summed E-state index contributed by atoms with van der Waals surface area (Å²) in [7, 11) is -2.27. The van der Waals surface area contributed by atoms with Crippen molar-refractivity contribution in [3.63, 3.8) is 0 Å². The van der Waals surface area contributed by atoms with E-state index < -0.39 is 24.6 Å². The molecule has 0 spiro atoms. The minimum atomic E-state index is -4.54. The van der Waals surface area contributed by atoms with E-state index in [1.807, 2.05) is 0 Å². The zero-order chi connectivity index (χ0) is 18.8. The lowest BCUT2D eigenvalue weighted by atomic mass is 10.2. The van der Waals surface area contributed by atoms with E-state index in [1.54, 1.807) is 0 Å². The Morgan fingerprint density at radius 1 is 1.24 bits per heavy atom. The number of hydrogen-bond acceptors (Lipinski definition) is 4. The summed E-state index contributed by atoms with van der Waals surface area (Å²) in [6, 6.07) is 6.16. The second-order valence-corrected chi connectivity index (χ2v) is 6.63. The second kappa shape index (κ2) is 7.33. The lowest BCUT2D eigenvalue weighted by Crippen LogP contribution is -2.04. The molecule has 25 heavy (non-hydrogen) atoms. The molecule has 0 saturated carbocycles. The molecule has 0 amide bonds. The Hall–Kier alpha value is -2.25. The molecule has 0 fully saturated rings. The third-order valence-electron chi connectivity index (χ3n) is 2.96. The zero-order valence-electron chi connectivity index (χ0n) is 12.6. The number of benzene rings is 2. The van der Waals surface area contributed by atoms with Crippen LogP contribution in [0.2, 0.25) is 5.02 Å². The largest absolute Gasteiger partial charge is 0.456 e. The van der Waals surface area contributed by atoms with Crippen molar-refractivity contribution < 1.29 is 27.4 Å². The molecule has 134 valence electrons. The van der Waals surface area contributed by atoms with Crippen LogP contribution in [0.1, 0.15) is 5.56 Å². The van der Waals surface area contributed by atoms with Gasteiger partial charge in [-0.3, -0.25) is 10.1 Å². The number of nitro benzene ring substituents is 1. The fourth-order valence-electron chi connectivity index (χ4n) is 1.91. The van der Waals surface area contributed by atoms with Crippen LogP contribution in [0.3, 0.4) is 0 Å². The van der Waals surface area contributed by atoms with E-state index in [4.69, 9.17) is 16.3 Å². The average Bonchev–Trinajstić information content (AvgIpc) is 2.47. The highest BCUT2D eigenvalue weighted by Crippen LogP contribution is 2.38. The van der Waals surface area contributed by atoms with Crippen LogP contribution in [0, 0.1) is 10.1 Å². The molecule has 0 saturated heterocycles. The van der Waals surface area contributed by atoms with E-state index in [0.29, 0.717) is 6.07 Å². The Labute approximate surface area is 145 Å². The number of alkyl halides is 3. The summed E-state index contributed by atoms with van der Waals surface area (Å²) in [5.41, 5.74) is -1.27. The maximum atomic E-state index is 12.6. The first-order valence-corrected chi connectivity index (χ1v) is 8.97. The highest BCUT2D eigenvalue weighted by Gasteiger charge is 2.31. The highest BCUT2D eigenvalue weighted by atomic mass is 35.5. The van der Waals surface area contributed by atoms with Crippen molar-refractivity contribution in [3.05, 3.63) is 57.1 Å². The fourth-order valence-corrected chi connectivity index (χ4v) is 2.71. The smallest absolute Gasteiger partial charge is 0.416 e. The van der Waals surface area contributed by atoms with Crippen molar-refractivity contribution in [2.45, 2.75) is 6.18 Å². The first-order chi connectivity index (χ1) is 11.6. The topological polar surface area (TPSA) is 81.5 Å². The molecule has 0 radical (unpaired) electrons. The summed E-state index contributed by atoms with van der Waals surface area (Å²) in [4.78, 5) is 10.3. The zero-order valence-corrected chi connectivity index (χ0v) is 14.3. The summed E-state index contributed by atoms with van der Waals surface area (Å²) in [5, 5.41) is 13.2. The molecule has 0 aliphatic heterocycles. The molecule has 0 aliphatic carbocycles. The molecule has 0 bridgehead atoms. The van der Waals surface area contributed by atoms with Crippen LogP contribution in [-0.2, 0) is 10.7 Å². The Morgan fingerprint density at radius 3 is 2.44 bits per heavy atom. The lowest BCUT2D eigenvalue weighted by molar-refractivity contribution is -0.383. The third-order valence-corrected chi connectivity index (χ3v) is 3.88. The van der Waals surface area contributed by atoms with E-state index in [0.717, 1.165) is 18.2 Å². The predicted molar refractivity (Wildman–Crippen MR) is 88.2 cm³/mol. The number of nitrogens with one attached hydrogen (secondary N) is 1. The number of hydrogen-bond donors (Lipinski definition) is 1. The molecule has 1 atom stereocenters. The quantitative estimate of drug-likeness (QED) is 0.407. The van der Waals surface area contributed by atoms with Crippen molar-refractivity contribution in [2.24, 2.45) is 0 Å². The number of ether oxygens (including phenoxy) is 1. The van der Waals surface area contributed by atoms with Gasteiger partial charge in [-0.15, -0.1) is 0 Å². The molecule has 2 rings (SSSR count). The predicted octanol–water partition coefficient (Wildman–Crippen LogP) is 5.58. The number of nitro groups is 1. The van der Waals surface area contributed by atoms with Gasteiger partial charge in [0.05, 0.1) is 15.5 Å². The number of anilines is 1. The highest BCUT2D eigenvalue weighted by molar-refractivity contribution is 7.45. The summed E-state index contributed by atoms with van der Waals surface area (Å²) in [6.45, 7) is 1.36. The van der Waals surface area contributed by atoms with Gasteiger partial charge in [0.25, 0.3) is 5.69 Å². The van der Waals surface area contributed by atoms with Gasteiger partial charge in [0.15, 0.2) is 7.95 Å². The number of nitrogens with zero attached hydrogens (tertiary/aromatic N) is 1. The van der Waals surface area contributed by atoms with Crippen molar-refractivity contribution >= 4 is 30.9 Å². The number of halogens is 4. The van der Waals surface area contributed by atoms with E-state index in [2.05, 4.69) is 5.09 Å². The van der Waals surface area contributed by atoms with Crippen LogP contribution in [0.5, 0.6) is 11.5 Å². The van der Waals surface area contributed by atoms with Gasteiger partial charge >= 0.3 is 6.18 Å².